The summed E-state index contributed by atoms with van der Waals surface area (Å²) in [5, 5.41) is 12.6. The first-order valence-electron chi connectivity index (χ1n) is 6.84. The lowest BCUT2D eigenvalue weighted by Crippen LogP contribution is -2.44. The predicted molar refractivity (Wildman–Crippen MR) is 81.0 cm³/mol. The average molecular weight is 290 g/mol. The molecule has 2 aromatic rings. The lowest BCUT2D eigenvalue weighted by Gasteiger charge is -2.32. The molecule has 0 saturated carbocycles. The molecule has 3 rings (SSSR count). The number of aromatic amines is 1. The zero-order valence-electron chi connectivity index (χ0n) is 11.4. The van der Waals surface area contributed by atoms with Gasteiger partial charge in [-0.15, -0.1) is 11.3 Å². The molecule has 1 amide bonds. The topological polar surface area (TPSA) is 61.0 Å². The van der Waals surface area contributed by atoms with E-state index in [1.54, 1.807) is 18.3 Å². The summed E-state index contributed by atoms with van der Waals surface area (Å²) in [4.78, 5) is 14.5. The Hall–Kier alpha value is -1.82. The first kappa shape index (κ1) is 13.2. The minimum atomic E-state index is 0.0585. The number of amides is 1. The Labute approximate surface area is 122 Å². The van der Waals surface area contributed by atoms with Gasteiger partial charge < -0.3 is 10.2 Å². The molecule has 1 aliphatic rings. The van der Waals surface area contributed by atoms with Crippen LogP contribution in [0.15, 0.2) is 23.6 Å². The van der Waals surface area contributed by atoms with Crippen molar-refractivity contribution in [3.63, 3.8) is 0 Å². The van der Waals surface area contributed by atoms with Crippen molar-refractivity contribution in [1.29, 1.82) is 0 Å². The van der Waals surface area contributed by atoms with Crippen molar-refractivity contribution in [2.45, 2.75) is 25.8 Å². The molecule has 20 heavy (non-hydrogen) atoms. The lowest BCUT2D eigenvalue weighted by molar-refractivity contribution is -0.119. The van der Waals surface area contributed by atoms with E-state index >= 15 is 0 Å². The van der Waals surface area contributed by atoms with E-state index in [0.29, 0.717) is 6.04 Å². The minimum Gasteiger partial charge on any atom is -0.355 e. The maximum absolute atomic E-state index is 11.1. The minimum absolute atomic E-state index is 0.0585. The molecule has 3 heterocycles. The molecule has 0 aliphatic carbocycles. The number of anilines is 1. The third kappa shape index (κ3) is 2.85. The molecule has 6 heteroatoms. The molecule has 0 bridgehead atoms. The molecule has 2 N–H and O–H groups in total. The number of piperidine rings is 1. The number of H-pyrrole nitrogens is 1. The second kappa shape index (κ2) is 5.66. The highest BCUT2D eigenvalue weighted by molar-refractivity contribution is 7.13. The van der Waals surface area contributed by atoms with Crippen molar-refractivity contribution in [2.24, 2.45) is 0 Å². The number of thiophene rings is 1. The summed E-state index contributed by atoms with van der Waals surface area (Å²) in [7, 11) is 0. The Morgan fingerprint density at radius 1 is 1.50 bits per heavy atom. The number of hydrogen-bond donors (Lipinski definition) is 2. The molecule has 0 unspecified atom stereocenters. The third-order valence-electron chi connectivity index (χ3n) is 3.58. The Kier molecular flexibility index (Phi) is 3.73. The zero-order valence-corrected chi connectivity index (χ0v) is 12.2. The van der Waals surface area contributed by atoms with E-state index in [2.05, 4.69) is 37.9 Å². The van der Waals surface area contributed by atoms with Gasteiger partial charge in [-0.3, -0.25) is 9.89 Å². The second-order valence-corrected chi connectivity index (χ2v) is 6.03. The first-order chi connectivity index (χ1) is 9.72. The van der Waals surface area contributed by atoms with Crippen LogP contribution in [-0.2, 0) is 4.79 Å². The third-order valence-corrected chi connectivity index (χ3v) is 4.48. The van der Waals surface area contributed by atoms with E-state index < -0.39 is 0 Å². The molecule has 5 nitrogen and oxygen atoms in total. The van der Waals surface area contributed by atoms with E-state index in [9.17, 15) is 4.79 Å². The number of carbonyl (C=O) groups is 1. The molecule has 0 aromatic carbocycles. The van der Waals surface area contributed by atoms with Crippen LogP contribution in [0.4, 0.5) is 5.82 Å². The Morgan fingerprint density at radius 2 is 2.30 bits per heavy atom. The maximum Gasteiger partial charge on any atom is 0.217 e. The fraction of sp³-hybridized carbons (Fsp3) is 0.429. The van der Waals surface area contributed by atoms with Crippen LogP contribution in [0.25, 0.3) is 10.6 Å². The van der Waals surface area contributed by atoms with Crippen LogP contribution in [0.2, 0.25) is 0 Å². The van der Waals surface area contributed by atoms with E-state index in [-0.39, 0.29) is 5.91 Å². The molecule has 1 aliphatic heterocycles. The van der Waals surface area contributed by atoms with E-state index in [0.717, 1.165) is 37.4 Å². The fourth-order valence-electron chi connectivity index (χ4n) is 2.57. The summed E-state index contributed by atoms with van der Waals surface area (Å²) in [5.74, 6) is 1.05. The SMILES string of the molecule is CC(=O)NC1CCN(c2cc(-c3cccs3)[nH]n2)CC1. The smallest absolute Gasteiger partial charge is 0.217 e. The molecule has 0 radical (unpaired) electrons. The normalized spacial score (nSPS) is 16.4. The zero-order chi connectivity index (χ0) is 13.9. The number of hydrogen-bond acceptors (Lipinski definition) is 4. The summed E-state index contributed by atoms with van der Waals surface area (Å²) in [6.07, 6.45) is 1.95. The molecular weight excluding hydrogens is 272 g/mol. The lowest BCUT2D eigenvalue weighted by atomic mass is 10.1. The maximum atomic E-state index is 11.1. The van der Waals surface area contributed by atoms with Gasteiger partial charge in [-0.25, -0.2) is 0 Å². The van der Waals surface area contributed by atoms with Gasteiger partial charge in [0, 0.05) is 32.1 Å². The molecule has 1 fully saturated rings. The number of rotatable bonds is 3. The summed E-state index contributed by atoms with van der Waals surface area (Å²) in [6.45, 7) is 3.44. The van der Waals surface area contributed by atoms with Crippen molar-refractivity contribution in [1.82, 2.24) is 15.5 Å². The van der Waals surface area contributed by atoms with E-state index in [4.69, 9.17) is 0 Å². The van der Waals surface area contributed by atoms with Gasteiger partial charge in [0.2, 0.25) is 5.91 Å². The van der Waals surface area contributed by atoms with Gasteiger partial charge in [-0.05, 0) is 24.3 Å². The number of nitrogens with zero attached hydrogens (tertiary/aromatic N) is 2. The summed E-state index contributed by atoms with van der Waals surface area (Å²) in [6, 6.07) is 6.54. The Bertz CT molecular complexity index is 570. The summed E-state index contributed by atoms with van der Waals surface area (Å²) < 4.78 is 0. The van der Waals surface area contributed by atoms with Gasteiger partial charge in [-0.1, -0.05) is 6.07 Å². The average Bonchev–Trinajstić information content (AvgIpc) is 3.10. The predicted octanol–water partition coefficient (Wildman–Crippen LogP) is 2.24. The molecule has 1 saturated heterocycles. The quantitative estimate of drug-likeness (QED) is 0.911. The largest absolute Gasteiger partial charge is 0.355 e. The van der Waals surface area contributed by atoms with Gasteiger partial charge in [0.1, 0.15) is 0 Å². The monoisotopic (exact) mass is 290 g/mol. The second-order valence-electron chi connectivity index (χ2n) is 5.08. The fourth-order valence-corrected chi connectivity index (χ4v) is 3.26. The summed E-state index contributed by atoms with van der Waals surface area (Å²) >= 11 is 1.71. The molecular formula is C14H18N4OS. The van der Waals surface area contributed by atoms with Crippen LogP contribution >= 0.6 is 11.3 Å². The molecule has 0 spiro atoms. The van der Waals surface area contributed by atoms with Crippen LogP contribution in [0, 0.1) is 0 Å². The summed E-state index contributed by atoms with van der Waals surface area (Å²) in [5.41, 5.74) is 1.07. The standard InChI is InChI=1S/C14H18N4OS/c1-10(19)15-11-4-6-18(7-5-11)14-9-12(16-17-14)13-3-2-8-20-13/h2-3,8-9,11H,4-7H2,1H3,(H,15,19)(H,16,17). The molecule has 0 atom stereocenters. The Balaban J connectivity index is 1.62. The van der Waals surface area contributed by atoms with Gasteiger partial charge in [0.15, 0.2) is 5.82 Å². The number of aromatic nitrogens is 2. The van der Waals surface area contributed by atoms with E-state index in [1.807, 2.05) is 6.07 Å². The highest BCUT2D eigenvalue weighted by atomic mass is 32.1. The van der Waals surface area contributed by atoms with Gasteiger partial charge in [0.05, 0.1) is 10.6 Å². The van der Waals surface area contributed by atoms with Gasteiger partial charge >= 0.3 is 0 Å². The van der Waals surface area contributed by atoms with Crippen LogP contribution in [0.3, 0.4) is 0 Å². The first-order valence-corrected chi connectivity index (χ1v) is 7.71. The number of carbonyl (C=O) groups excluding carboxylic acids is 1. The van der Waals surface area contributed by atoms with Crippen LogP contribution in [0.5, 0.6) is 0 Å². The van der Waals surface area contributed by atoms with Crippen LogP contribution in [-0.4, -0.2) is 35.2 Å². The highest BCUT2D eigenvalue weighted by Crippen LogP contribution is 2.27. The van der Waals surface area contributed by atoms with Gasteiger partial charge in [-0.2, -0.15) is 5.10 Å². The highest BCUT2D eigenvalue weighted by Gasteiger charge is 2.21. The van der Waals surface area contributed by atoms with Crippen molar-refractivity contribution in [3.05, 3.63) is 23.6 Å². The van der Waals surface area contributed by atoms with Crippen LogP contribution < -0.4 is 10.2 Å². The Morgan fingerprint density at radius 3 is 2.95 bits per heavy atom. The van der Waals surface area contributed by atoms with Crippen molar-refractivity contribution >= 4 is 23.1 Å². The van der Waals surface area contributed by atoms with Crippen molar-refractivity contribution < 1.29 is 4.79 Å². The van der Waals surface area contributed by atoms with Gasteiger partial charge in [0.25, 0.3) is 0 Å². The van der Waals surface area contributed by atoms with E-state index in [1.165, 1.54) is 4.88 Å². The molecule has 106 valence electrons. The molecule has 2 aromatic heterocycles. The van der Waals surface area contributed by atoms with Crippen LogP contribution in [0.1, 0.15) is 19.8 Å². The van der Waals surface area contributed by atoms with Crippen molar-refractivity contribution in [2.75, 3.05) is 18.0 Å². The number of nitrogens with one attached hydrogen (secondary N) is 2. The van der Waals surface area contributed by atoms with Crippen molar-refractivity contribution in [3.8, 4) is 10.6 Å².